The second-order valence-electron chi connectivity index (χ2n) is 5.39. The van der Waals surface area contributed by atoms with Crippen LogP contribution in [-0.4, -0.2) is 64.6 Å². The molecule has 1 N–H and O–H groups in total. The number of aromatic nitrogens is 1. The topological polar surface area (TPSA) is 56.7 Å². The highest BCUT2D eigenvalue weighted by Gasteiger charge is 2.21. The lowest BCUT2D eigenvalue weighted by Crippen LogP contribution is -2.50. The smallest absolute Gasteiger partial charge is 0.222 e. The van der Waals surface area contributed by atoms with Gasteiger partial charge >= 0.3 is 0 Å². The summed E-state index contributed by atoms with van der Waals surface area (Å²) < 4.78 is 0. The van der Waals surface area contributed by atoms with Crippen LogP contribution in [0.5, 0.6) is 0 Å². The van der Waals surface area contributed by atoms with Gasteiger partial charge in [-0.1, -0.05) is 0 Å². The van der Waals surface area contributed by atoms with E-state index in [4.69, 9.17) is 0 Å². The van der Waals surface area contributed by atoms with E-state index in [1.807, 2.05) is 17.0 Å². The fourth-order valence-electron chi connectivity index (χ4n) is 2.51. The van der Waals surface area contributed by atoms with Gasteiger partial charge in [0.25, 0.3) is 0 Å². The van der Waals surface area contributed by atoms with E-state index in [1.165, 1.54) is 0 Å². The van der Waals surface area contributed by atoms with Crippen LogP contribution in [-0.2, 0) is 11.2 Å². The van der Waals surface area contributed by atoms with Gasteiger partial charge in [-0.2, -0.15) is 0 Å². The van der Waals surface area contributed by atoms with Crippen LogP contribution in [0, 0.1) is 0 Å². The Bertz CT molecular complexity index is 414. The van der Waals surface area contributed by atoms with Crippen molar-refractivity contribution < 1.29 is 9.90 Å². The van der Waals surface area contributed by atoms with Crippen LogP contribution in [0.2, 0.25) is 0 Å². The van der Waals surface area contributed by atoms with Crippen molar-refractivity contribution in [3.8, 4) is 0 Å². The molecular formula is C15H23N3O2. The molecule has 0 bridgehead atoms. The predicted octanol–water partition coefficient (Wildman–Crippen LogP) is 0.539. The number of aliphatic hydroxyl groups is 1. The molecule has 1 atom stereocenters. The fourth-order valence-corrected chi connectivity index (χ4v) is 2.51. The standard InChI is InChI=1S/C15H23N3O2/c1-13(19)12-17-8-10-18(11-9-17)15(20)3-2-14-4-6-16-7-5-14/h4-7,13,19H,2-3,8-12H2,1H3. The van der Waals surface area contributed by atoms with Crippen LogP contribution in [0.15, 0.2) is 24.5 Å². The molecule has 1 fully saturated rings. The minimum Gasteiger partial charge on any atom is -0.392 e. The molecule has 1 aliphatic heterocycles. The number of carbonyl (C=O) groups excluding carboxylic acids is 1. The lowest BCUT2D eigenvalue weighted by atomic mass is 10.1. The highest BCUT2D eigenvalue weighted by Crippen LogP contribution is 2.07. The van der Waals surface area contributed by atoms with Crippen LogP contribution in [0.3, 0.4) is 0 Å². The van der Waals surface area contributed by atoms with E-state index in [2.05, 4.69) is 9.88 Å². The summed E-state index contributed by atoms with van der Waals surface area (Å²) in [6, 6.07) is 3.90. The number of aryl methyl sites for hydroxylation is 1. The highest BCUT2D eigenvalue weighted by atomic mass is 16.3. The molecular weight excluding hydrogens is 254 g/mol. The summed E-state index contributed by atoms with van der Waals surface area (Å²) in [6.45, 7) is 5.73. The quantitative estimate of drug-likeness (QED) is 0.853. The van der Waals surface area contributed by atoms with Crippen molar-refractivity contribution in [3.05, 3.63) is 30.1 Å². The number of nitrogens with zero attached hydrogens (tertiary/aromatic N) is 3. The Morgan fingerprint density at radius 3 is 2.55 bits per heavy atom. The molecule has 0 spiro atoms. The van der Waals surface area contributed by atoms with E-state index >= 15 is 0 Å². The van der Waals surface area contributed by atoms with Gasteiger partial charge in [0.15, 0.2) is 0 Å². The Labute approximate surface area is 120 Å². The van der Waals surface area contributed by atoms with Crippen molar-refractivity contribution in [3.63, 3.8) is 0 Å². The van der Waals surface area contributed by atoms with E-state index in [-0.39, 0.29) is 12.0 Å². The average molecular weight is 277 g/mol. The number of aliphatic hydroxyl groups excluding tert-OH is 1. The molecule has 0 aromatic carbocycles. The van der Waals surface area contributed by atoms with Crippen molar-refractivity contribution in [2.24, 2.45) is 0 Å². The van der Waals surface area contributed by atoms with Gasteiger partial charge in [0.05, 0.1) is 6.10 Å². The molecule has 0 saturated carbocycles. The number of carbonyl (C=O) groups is 1. The molecule has 1 aliphatic rings. The third-order valence-electron chi connectivity index (χ3n) is 3.62. The SMILES string of the molecule is CC(O)CN1CCN(C(=O)CCc2ccncc2)CC1. The normalized spacial score (nSPS) is 18.0. The monoisotopic (exact) mass is 277 g/mol. The molecule has 0 aliphatic carbocycles. The van der Waals surface area contributed by atoms with Gasteiger partial charge in [-0.15, -0.1) is 0 Å². The number of hydrogen-bond donors (Lipinski definition) is 1. The van der Waals surface area contributed by atoms with Crippen LogP contribution in [0.1, 0.15) is 18.9 Å². The van der Waals surface area contributed by atoms with E-state index in [9.17, 15) is 9.90 Å². The molecule has 5 nitrogen and oxygen atoms in total. The maximum absolute atomic E-state index is 12.1. The summed E-state index contributed by atoms with van der Waals surface area (Å²) in [7, 11) is 0. The third kappa shape index (κ3) is 4.58. The molecule has 0 radical (unpaired) electrons. The summed E-state index contributed by atoms with van der Waals surface area (Å²) in [4.78, 5) is 20.3. The number of rotatable bonds is 5. The lowest BCUT2D eigenvalue weighted by molar-refractivity contribution is -0.133. The first-order valence-corrected chi connectivity index (χ1v) is 7.22. The lowest BCUT2D eigenvalue weighted by Gasteiger charge is -2.35. The van der Waals surface area contributed by atoms with Gasteiger partial charge in [-0.05, 0) is 31.0 Å². The Kier molecular flexibility index (Phi) is 5.49. The summed E-state index contributed by atoms with van der Waals surface area (Å²) in [6.07, 6.45) is 4.54. The largest absolute Gasteiger partial charge is 0.392 e. The van der Waals surface area contributed by atoms with Crippen molar-refractivity contribution in [1.82, 2.24) is 14.8 Å². The van der Waals surface area contributed by atoms with Crippen LogP contribution < -0.4 is 0 Å². The second-order valence-corrected chi connectivity index (χ2v) is 5.39. The Morgan fingerprint density at radius 1 is 1.30 bits per heavy atom. The first kappa shape index (κ1) is 14.9. The minimum absolute atomic E-state index is 0.221. The molecule has 5 heteroatoms. The van der Waals surface area contributed by atoms with Gasteiger partial charge < -0.3 is 10.0 Å². The van der Waals surface area contributed by atoms with Crippen molar-refractivity contribution in [1.29, 1.82) is 0 Å². The average Bonchev–Trinajstić information content (AvgIpc) is 2.46. The Hall–Kier alpha value is -1.46. The van der Waals surface area contributed by atoms with Crippen LogP contribution in [0.25, 0.3) is 0 Å². The van der Waals surface area contributed by atoms with Gasteiger partial charge in [0, 0.05) is 51.5 Å². The maximum atomic E-state index is 12.1. The highest BCUT2D eigenvalue weighted by molar-refractivity contribution is 5.76. The summed E-state index contributed by atoms with van der Waals surface area (Å²) >= 11 is 0. The molecule has 1 amide bonds. The molecule has 2 rings (SSSR count). The molecule has 1 aromatic rings. The zero-order valence-corrected chi connectivity index (χ0v) is 12.0. The van der Waals surface area contributed by atoms with Gasteiger partial charge in [0.1, 0.15) is 0 Å². The van der Waals surface area contributed by atoms with E-state index in [0.717, 1.165) is 38.2 Å². The summed E-state index contributed by atoms with van der Waals surface area (Å²) in [5.74, 6) is 0.221. The van der Waals surface area contributed by atoms with E-state index in [1.54, 1.807) is 19.3 Å². The Balaban J connectivity index is 1.72. The van der Waals surface area contributed by atoms with Crippen molar-refractivity contribution in [2.75, 3.05) is 32.7 Å². The molecule has 110 valence electrons. The van der Waals surface area contributed by atoms with E-state index < -0.39 is 0 Å². The maximum Gasteiger partial charge on any atom is 0.222 e. The Morgan fingerprint density at radius 2 is 1.95 bits per heavy atom. The predicted molar refractivity (Wildman–Crippen MR) is 77.3 cm³/mol. The van der Waals surface area contributed by atoms with Crippen molar-refractivity contribution in [2.45, 2.75) is 25.9 Å². The van der Waals surface area contributed by atoms with Crippen molar-refractivity contribution >= 4 is 5.91 Å². The van der Waals surface area contributed by atoms with E-state index in [0.29, 0.717) is 13.0 Å². The number of pyridine rings is 1. The van der Waals surface area contributed by atoms with Gasteiger partial charge in [-0.3, -0.25) is 14.7 Å². The molecule has 1 saturated heterocycles. The number of hydrogen-bond acceptors (Lipinski definition) is 4. The number of piperazine rings is 1. The summed E-state index contributed by atoms with van der Waals surface area (Å²) in [5, 5.41) is 9.36. The zero-order chi connectivity index (χ0) is 14.4. The van der Waals surface area contributed by atoms with Gasteiger partial charge in [0.2, 0.25) is 5.91 Å². The number of β-amino-alcohol motifs (C(OH)–C–C–N with tert-alkyl or cyclic N) is 1. The van der Waals surface area contributed by atoms with Gasteiger partial charge in [-0.25, -0.2) is 0 Å². The fraction of sp³-hybridized carbons (Fsp3) is 0.600. The van der Waals surface area contributed by atoms with Crippen LogP contribution >= 0.6 is 0 Å². The third-order valence-corrected chi connectivity index (χ3v) is 3.62. The molecule has 1 unspecified atom stereocenters. The molecule has 1 aromatic heterocycles. The first-order valence-electron chi connectivity index (χ1n) is 7.22. The zero-order valence-electron chi connectivity index (χ0n) is 12.0. The number of amides is 1. The molecule has 2 heterocycles. The first-order chi connectivity index (χ1) is 9.65. The minimum atomic E-state index is -0.302. The summed E-state index contributed by atoms with van der Waals surface area (Å²) in [5.41, 5.74) is 1.15. The van der Waals surface area contributed by atoms with Crippen LogP contribution in [0.4, 0.5) is 0 Å². The second kappa shape index (κ2) is 7.36. The molecule has 20 heavy (non-hydrogen) atoms.